The Morgan fingerprint density at radius 3 is 2.68 bits per heavy atom. The molecule has 1 aromatic carbocycles. The summed E-state index contributed by atoms with van der Waals surface area (Å²) in [6, 6.07) is 4.70. The van der Waals surface area contributed by atoms with Crippen molar-refractivity contribution < 1.29 is 13.6 Å². The Morgan fingerprint density at radius 1 is 1.32 bits per heavy atom. The summed E-state index contributed by atoms with van der Waals surface area (Å²) in [5, 5.41) is 10.5. The standard InChI is InChI=1S/C17H15Cl2F2N5OS/c1-26-14(15(18)24-25-26)10-6-13(28-16(10)19)17(27)23-9(7-22)4-8-2-3-11(20)12(21)5-8/h2-3,5-6,9H,4,7,22H2,1H3,(H,23,27)/t9-/m0/s1. The Hall–Kier alpha value is -2.07. The van der Waals surface area contributed by atoms with Crippen molar-refractivity contribution in [3.8, 4) is 11.3 Å². The zero-order chi connectivity index (χ0) is 20.4. The highest BCUT2D eigenvalue weighted by molar-refractivity contribution is 7.18. The van der Waals surface area contributed by atoms with E-state index in [0.29, 0.717) is 26.0 Å². The lowest BCUT2D eigenvalue weighted by Crippen LogP contribution is -2.41. The van der Waals surface area contributed by atoms with Crippen LogP contribution in [0.25, 0.3) is 11.3 Å². The fraction of sp³-hybridized carbons (Fsp3) is 0.235. The first-order valence-corrected chi connectivity index (χ1v) is 9.67. The van der Waals surface area contributed by atoms with E-state index in [2.05, 4.69) is 15.6 Å². The summed E-state index contributed by atoms with van der Waals surface area (Å²) in [4.78, 5) is 13.0. The number of carbonyl (C=O) groups excluding carboxylic acids is 1. The number of hydrogen-bond acceptors (Lipinski definition) is 5. The lowest BCUT2D eigenvalue weighted by atomic mass is 10.1. The summed E-state index contributed by atoms with van der Waals surface area (Å²) in [6.45, 7) is 0.119. The van der Waals surface area contributed by atoms with Crippen LogP contribution in [-0.4, -0.2) is 33.5 Å². The van der Waals surface area contributed by atoms with E-state index < -0.39 is 17.7 Å². The number of rotatable bonds is 6. The molecule has 3 N–H and O–H groups in total. The molecule has 3 rings (SSSR count). The van der Waals surface area contributed by atoms with Crippen molar-refractivity contribution in [1.29, 1.82) is 0 Å². The van der Waals surface area contributed by atoms with Crippen LogP contribution in [0.3, 0.4) is 0 Å². The van der Waals surface area contributed by atoms with Crippen LogP contribution in [0, 0.1) is 11.6 Å². The molecule has 0 aliphatic heterocycles. The van der Waals surface area contributed by atoms with Gasteiger partial charge < -0.3 is 11.1 Å². The quantitative estimate of drug-likeness (QED) is 0.608. The average Bonchev–Trinajstić information content (AvgIpc) is 3.19. The highest BCUT2D eigenvalue weighted by Crippen LogP contribution is 2.37. The molecule has 0 aliphatic rings. The molecule has 11 heteroatoms. The maximum absolute atomic E-state index is 13.4. The molecule has 148 valence electrons. The summed E-state index contributed by atoms with van der Waals surface area (Å²) < 4.78 is 28.3. The van der Waals surface area contributed by atoms with E-state index in [-0.39, 0.29) is 24.0 Å². The lowest BCUT2D eigenvalue weighted by Gasteiger charge is -2.16. The second-order valence-corrected chi connectivity index (χ2v) is 8.02. The Balaban J connectivity index is 1.76. The van der Waals surface area contributed by atoms with Crippen molar-refractivity contribution >= 4 is 40.4 Å². The van der Waals surface area contributed by atoms with Crippen LogP contribution >= 0.6 is 34.5 Å². The second kappa shape index (κ2) is 8.52. The zero-order valence-corrected chi connectivity index (χ0v) is 16.9. The summed E-state index contributed by atoms with van der Waals surface area (Å²) in [5.74, 6) is -2.26. The third kappa shape index (κ3) is 4.33. The Labute approximate surface area is 173 Å². The number of nitrogens with one attached hydrogen (secondary N) is 1. The van der Waals surface area contributed by atoms with Crippen molar-refractivity contribution in [3.05, 3.63) is 55.8 Å². The third-order valence-corrected chi connectivity index (χ3v) is 5.65. The van der Waals surface area contributed by atoms with Gasteiger partial charge in [-0.05, 0) is 30.2 Å². The Bertz CT molecular complexity index is 1000. The molecular formula is C17H15Cl2F2N5OS. The molecule has 0 radical (unpaired) electrons. The van der Waals surface area contributed by atoms with Gasteiger partial charge in [0, 0.05) is 25.2 Å². The maximum Gasteiger partial charge on any atom is 0.261 e. The number of thiophene rings is 1. The average molecular weight is 446 g/mol. The minimum Gasteiger partial charge on any atom is -0.347 e. The van der Waals surface area contributed by atoms with Crippen LogP contribution in [0.4, 0.5) is 8.78 Å². The number of nitrogens with two attached hydrogens (primary N) is 1. The number of hydrogen-bond donors (Lipinski definition) is 2. The molecule has 0 bridgehead atoms. The van der Waals surface area contributed by atoms with Crippen LogP contribution in [-0.2, 0) is 13.5 Å². The zero-order valence-electron chi connectivity index (χ0n) is 14.5. The maximum atomic E-state index is 13.4. The molecule has 28 heavy (non-hydrogen) atoms. The van der Waals surface area contributed by atoms with Gasteiger partial charge in [0.2, 0.25) is 0 Å². The molecule has 0 fully saturated rings. The molecule has 1 amide bonds. The fourth-order valence-corrected chi connectivity index (χ4v) is 4.10. The van der Waals surface area contributed by atoms with E-state index in [0.717, 1.165) is 23.5 Å². The van der Waals surface area contributed by atoms with Crippen LogP contribution < -0.4 is 11.1 Å². The van der Waals surface area contributed by atoms with Crippen LogP contribution in [0.2, 0.25) is 9.49 Å². The van der Waals surface area contributed by atoms with Gasteiger partial charge in [-0.25, -0.2) is 13.5 Å². The molecule has 0 saturated heterocycles. The lowest BCUT2D eigenvalue weighted by molar-refractivity contribution is 0.0942. The minimum atomic E-state index is -0.948. The van der Waals surface area contributed by atoms with Gasteiger partial charge in [-0.2, -0.15) is 0 Å². The number of carbonyl (C=O) groups is 1. The van der Waals surface area contributed by atoms with Gasteiger partial charge in [0.15, 0.2) is 16.8 Å². The number of amides is 1. The van der Waals surface area contributed by atoms with Gasteiger partial charge in [0.25, 0.3) is 5.91 Å². The molecule has 0 saturated carbocycles. The highest BCUT2D eigenvalue weighted by Gasteiger charge is 2.22. The predicted molar refractivity (Wildman–Crippen MR) is 105 cm³/mol. The molecule has 2 heterocycles. The van der Waals surface area contributed by atoms with E-state index in [9.17, 15) is 13.6 Å². The molecule has 2 aromatic heterocycles. The van der Waals surface area contributed by atoms with Gasteiger partial charge in [0.1, 0.15) is 10.0 Å². The van der Waals surface area contributed by atoms with Gasteiger partial charge in [-0.1, -0.05) is 34.5 Å². The Morgan fingerprint density at radius 2 is 2.07 bits per heavy atom. The minimum absolute atomic E-state index is 0.119. The van der Waals surface area contributed by atoms with Gasteiger partial charge >= 0.3 is 0 Å². The molecule has 0 spiro atoms. The van der Waals surface area contributed by atoms with E-state index in [1.807, 2.05) is 0 Å². The van der Waals surface area contributed by atoms with Crippen molar-refractivity contribution in [1.82, 2.24) is 20.3 Å². The molecule has 6 nitrogen and oxygen atoms in total. The first-order chi connectivity index (χ1) is 13.3. The summed E-state index contributed by atoms with van der Waals surface area (Å²) in [6.07, 6.45) is 0.253. The largest absolute Gasteiger partial charge is 0.347 e. The topological polar surface area (TPSA) is 85.8 Å². The monoisotopic (exact) mass is 445 g/mol. The predicted octanol–water partition coefficient (Wildman–Crippen LogP) is 3.43. The first kappa shape index (κ1) is 20.7. The van der Waals surface area contributed by atoms with E-state index in [1.54, 1.807) is 13.1 Å². The molecular weight excluding hydrogens is 431 g/mol. The van der Waals surface area contributed by atoms with E-state index >= 15 is 0 Å². The number of benzene rings is 1. The number of nitrogens with zero attached hydrogens (tertiary/aromatic N) is 3. The van der Waals surface area contributed by atoms with Crippen LogP contribution in [0.5, 0.6) is 0 Å². The summed E-state index contributed by atoms with van der Waals surface area (Å²) in [7, 11) is 1.66. The van der Waals surface area contributed by atoms with Crippen molar-refractivity contribution in [2.75, 3.05) is 6.54 Å². The van der Waals surface area contributed by atoms with E-state index in [4.69, 9.17) is 28.9 Å². The SMILES string of the molecule is Cn1nnc(Cl)c1-c1cc(C(=O)N[C@H](CN)Cc2ccc(F)c(F)c2)sc1Cl. The van der Waals surface area contributed by atoms with Crippen molar-refractivity contribution in [2.24, 2.45) is 12.8 Å². The molecule has 1 atom stereocenters. The smallest absolute Gasteiger partial charge is 0.261 e. The van der Waals surface area contributed by atoms with Crippen molar-refractivity contribution in [2.45, 2.75) is 12.5 Å². The Kier molecular flexibility index (Phi) is 6.29. The number of aromatic nitrogens is 3. The second-order valence-electron chi connectivity index (χ2n) is 6.01. The van der Waals surface area contributed by atoms with Crippen LogP contribution in [0.15, 0.2) is 24.3 Å². The van der Waals surface area contributed by atoms with Crippen molar-refractivity contribution in [3.63, 3.8) is 0 Å². The molecule has 0 aliphatic carbocycles. The normalized spacial score (nSPS) is 12.2. The van der Waals surface area contributed by atoms with Gasteiger partial charge in [-0.3, -0.25) is 4.79 Å². The van der Waals surface area contributed by atoms with Crippen LogP contribution in [0.1, 0.15) is 15.2 Å². The number of aryl methyl sites for hydroxylation is 1. The first-order valence-electron chi connectivity index (χ1n) is 8.10. The summed E-state index contributed by atoms with van der Waals surface area (Å²) in [5.41, 5.74) is 7.29. The van der Waals surface area contributed by atoms with Gasteiger partial charge in [0.05, 0.1) is 4.88 Å². The molecule has 0 unspecified atom stereocenters. The summed E-state index contributed by atoms with van der Waals surface area (Å²) >= 11 is 13.4. The van der Waals surface area contributed by atoms with Gasteiger partial charge in [-0.15, -0.1) is 16.4 Å². The molecule has 3 aromatic rings. The fourth-order valence-electron chi connectivity index (χ4n) is 2.66. The highest BCUT2D eigenvalue weighted by atomic mass is 35.5. The third-order valence-electron chi connectivity index (χ3n) is 4.04. The van der Waals surface area contributed by atoms with E-state index in [1.165, 1.54) is 10.7 Å². The number of halogens is 4.